The van der Waals surface area contributed by atoms with E-state index in [9.17, 15) is 0 Å². The van der Waals surface area contributed by atoms with Gasteiger partial charge in [0.15, 0.2) is 0 Å². The van der Waals surface area contributed by atoms with E-state index in [2.05, 4.69) is 31.0 Å². The highest BCUT2D eigenvalue weighted by molar-refractivity contribution is 4.94. The van der Waals surface area contributed by atoms with Crippen molar-refractivity contribution in [3.05, 3.63) is 0 Å². The van der Waals surface area contributed by atoms with Crippen molar-refractivity contribution in [2.24, 2.45) is 5.92 Å². The van der Waals surface area contributed by atoms with Gasteiger partial charge in [-0.3, -0.25) is 4.90 Å². The van der Waals surface area contributed by atoms with E-state index in [0.717, 1.165) is 24.0 Å². The Bertz CT molecular complexity index is 273. The molecule has 2 saturated carbocycles. The molecule has 2 aliphatic rings. The van der Waals surface area contributed by atoms with Crippen LogP contribution in [0.1, 0.15) is 85.0 Å². The summed E-state index contributed by atoms with van der Waals surface area (Å²) in [4.78, 5) is 2.89. The number of likely N-dealkylation sites (N-methyl/N-ethyl adjacent to an activating group) is 1. The highest BCUT2D eigenvalue weighted by Crippen LogP contribution is 2.34. The molecule has 0 aromatic carbocycles. The van der Waals surface area contributed by atoms with Gasteiger partial charge in [-0.25, -0.2) is 0 Å². The molecule has 124 valence electrons. The van der Waals surface area contributed by atoms with Crippen molar-refractivity contribution in [3.63, 3.8) is 0 Å². The fourth-order valence-electron chi connectivity index (χ4n) is 4.84. The Morgan fingerprint density at radius 1 is 0.952 bits per heavy atom. The van der Waals surface area contributed by atoms with Gasteiger partial charge in [0.1, 0.15) is 0 Å². The minimum atomic E-state index is 0.749. The van der Waals surface area contributed by atoms with E-state index in [-0.39, 0.29) is 0 Å². The Kier molecular flexibility index (Phi) is 7.53. The Labute approximate surface area is 133 Å². The first-order valence-electron chi connectivity index (χ1n) is 9.79. The molecule has 2 fully saturated rings. The molecule has 0 aromatic rings. The summed E-state index contributed by atoms with van der Waals surface area (Å²) in [6.45, 7) is 9.48. The van der Waals surface area contributed by atoms with Crippen LogP contribution >= 0.6 is 0 Å². The summed E-state index contributed by atoms with van der Waals surface area (Å²) < 4.78 is 0. The Morgan fingerprint density at radius 2 is 1.71 bits per heavy atom. The van der Waals surface area contributed by atoms with Gasteiger partial charge in [-0.05, 0) is 57.5 Å². The molecule has 0 spiro atoms. The molecular formula is C19H38N2. The molecule has 3 unspecified atom stereocenters. The van der Waals surface area contributed by atoms with E-state index < -0.39 is 0 Å². The molecule has 0 aliphatic heterocycles. The van der Waals surface area contributed by atoms with Crippen LogP contribution < -0.4 is 5.32 Å². The molecule has 21 heavy (non-hydrogen) atoms. The van der Waals surface area contributed by atoms with Gasteiger partial charge in [0.25, 0.3) is 0 Å². The average molecular weight is 295 g/mol. The van der Waals surface area contributed by atoms with Crippen LogP contribution in [0.3, 0.4) is 0 Å². The van der Waals surface area contributed by atoms with Crippen LogP contribution in [-0.2, 0) is 0 Å². The average Bonchev–Trinajstić information content (AvgIpc) is 3.02. The van der Waals surface area contributed by atoms with Crippen molar-refractivity contribution >= 4 is 0 Å². The van der Waals surface area contributed by atoms with Gasteiger partial charge in [0, 0.05) is 18.1 Å². The fraction of sp³-hybridized carbons (Fsp3) is 1.00. The molecule has 0 bridgehead atoms. The van der Waals surface area contributed by atoms with E-state index in [0.29, 0.717) is 0 Å². The van der Waals surface area contributed by atoms with Gasteiger partial charge in [-0.2, -0.15) is 0 Å². The maximum absolute atomic E-state index is 3.88. The first-order valence-corrected chi connectivity index (χ1v) is 9.79. The number of nitrogens with one attached hydrogen (secondary N) is 1. The quantitative estimate of drug-likeness (QED) is 0.704. The van der Waals surface area contributed by atoms with Crippen molar-refractivity contribution < 1.29 is 0 Å². The summed E-state index contributed by atoms with van der Waals surface area (Å²) in [7, 11) is 0. The zero-order valence-corrected chi connectivity index (χ0v) is 14.7. The molecule has 3 atom stereocenters. The highest BCUT2D eigenvalue weighted by atomic mass is 15.2. The third kappa shape index (κ3) is 4.69. The number of hydrogen-bond donors (Lipinski definition) is 1. The maximum atomic E-state index is 3.88. The highest BCUT2D eigenvalue weighted by Gasteiger charge is 2.36. The van der Waals surface area contributed by atoms with Crippen molar-refractivity contribution in [1.29, 1.82) is 0 Å². The lowest BCUT2D eigenvalue weighted by atomic mass is 9.79. The fourth-order valence-corrected chi connectivity index (χ4v) is 4.84. The second kappa shape index (κ2) is 9.15. The summed E-state index contributed by atoms with van der Waals surface area (Å²) >= 11 is 0. The van der Waals surface area contributed by atoms with Crippen LogP contribution in [0.5, 0.6) is 0 Å². The molecule has 0 radical (unpaired) electrons. The molecule has 2 nitrogen and oxygen atoms in total. The van der Waals surface area contributed by atoms with Crippen LogP contribution in [0.2, 0.25) is 0 Å². The first-order chi connectivity index (χ1) is 10.3. The lowest BCUT2D eigenvalue weighted by Gasteiger charge is -2.45. The summed E-state index contributed by atoms with van der Waals surface area (Å²) in [5.74, 6) is 0.982. The second-order valence-corrected chi connectivity index (χ2v) is 7.36. The SMILES string of the molecule is CCCNC1CCC(CCC)CC1N(CC)C1CCCC1. The molecule has 0 heterocycles. The Balaban J connectivity index is 2.02. The Hall–Kier alpha value is -0.0800. The monoisotopic (exact) mass is 294 g/mol. The molecule has 2 aliphatic carbocycles. The van der Waals surface area contributed by atoms with Crippen LogP contribution in [0.4, 0.5) is 0 Å². The minimum Gasteiger partial charge on any atom is -0.312 e. The van der Waals surface area contributed by atoms with Crippen LogP contribution in [-0.4, -0.2) is 36.1 Å². The largest absolute Gasteiger partial charge is 0.312 e. The summed E-state index contributed by atoms with van der Waals surface area (Å²) in [5.41, 5.74) is 0. The summed E-state index contributed by atoms with van der Waals surface area (Å²) in [5, 5.41) is 3.88. The van der Waals surface area contributed by atoms with E-state index in [4.69, 9.17) is 0 Å². The smallest absolute Gasteiger partial charge is 0.0254 e. The van der Waals surface area contributed by atoms with Crippen molar-refractivity contribution in [3.8, 4) is 0 Å². The number of hydrogen-bond acceptors (Lipinski definition) is 2. The predicted molar refractivity (Wildman–Crippen MR) is 92.8 cm³/mol. The molecular weight excluding hydrogens is 256 g/mol. The van der Waals surface area contributed by atoms with Gasteiger partial charge in [-0.15, -0.1) is 0 Å². The number of nitrogens with zero attached hydrogens (tertiary/aromatic N) is 1. The van der Waals surface area contributed by atoms with E-state index in [1.54, 1.807) is 0 Å². The molecule has 2 rings (SSSR count). The minimum absolute atomic E-state index is 0.749. The third-order valence-corrected chi connectivity index (χ3v) is 5.86. The number of rotatable bonds is 8. The van der Waals surface area contributed by atoms with Gasteiger partial charge in [0.2, 0.25) is 0 Å². The molecule has 0 saturated heterocycles. The zero-order valence-electron chi connectivity index (χ0n) is 14.7. The van der Waals surface area contributed by atoms with E-state index in [1.807, 2.05) is 0 Å². The van der Waals surface area contributed by atoms with Gasteiger partial charge in [0.05, 0.1) is 0 Å². The molecule has 0 amide bonds. The van der Waals surface area contributed by atoms with E-state index >= 15 is 0 Å². The maximum Gasteiger partial charge on any atom is 0.0254 e. The van der Waals surface area contributed by atoms with Gasteiger partial charge < -0.3 is 5.32 Å². The van der Waals surface area contributed by atoms with Gasteiger partial charge in [-0.1, -0.05) is 46.5 Å². The van der Waals surface area contributed by atoms with Crippen molar-refractivity contribution in [2.45, 2.75) is 103 Å². The lowest BCUT2D eigenvalue weighted by Crippen LogP contribution is -2.55. The third-order valence-electron chi connectivity index (χ3n) is 5.86. The zero-order chi connectivity index (χ0) is 15.1. The summed E-state index contributed by atoms with van der Waals surface area (Å²) in [6.07, 6.45) is 14.2. The lowest BCUT2D eigenvalue weighted by molar-refractivity contribution is 0.0638. The molecule has 2 heteroatoms. The first kappa shape index (κ1) is 17.3. The van der Waals surface area contributed by atoms with Crippen LogP contribution in [0, 0.1) is 5.92 Å². The topological polar surface area (TPSA) is 15.3 Å². The predicted octanol–water partition coefficient (Wildman–Crippen LogP) is 4.59. The van der Waals surface area contributed by atoms with E-state index in [1.165, 1.54) is 77.3 Å². The second-order valence-electron chi connectivity index (χ2n) is 7.36. The van der Waals surface area contributed by atoms with Crippen LogP contribution in [0.15, 0.2) is 0 Å². The van der Waals surface area contributed by atoms with Crippen LogP contribution in [0.25, 0.3) is 0 Å². The van der Waals surface area contributed by atoms with Gasteiger partial charge >= 0.3 is 0 Å². The standard InChI is InChI=1S/C19H38N2/c1-4-9-16-12-13-18(20-14-5-2)19(15-16)21(6-3)17-10-7-8-11-17/h16-20H,4-15H2,1-3H3. The summed E-state index contributed by atoms with van der Waals surface area (Å²) in [6, 6.07) is 2.43. The van der Waals surface area contributed by atoms with Crippen molar-refractivity contribution in [2.75, 3.05) is 13.1 Å². The molecule has 0 aromatic heterocycles. The molecule has 1 N–H and O–H groups in total. The normalized spacial score (nSPS) is 31.1. The van der Waals surface area contributed by atoms with Crippen molar-refractivity contribution in [1.82, 2.24) is 10.2 Å². The Morgan fingerprint density at radius 3 is 2.33 bits per heavy atom.